The van der Waals surface area contributed by atoms with E-state index in [0.717, 1.165) is 5.82 Å². The van der Waals surface area contributed by atoms with Crippen LogP contribution in [0, 0.1) is 5.92 Å². The monoisotopic (exact) mass is 380 g/mol. The van der Waals surface area contributed by atoms with Gasteiger partial charge in [-0.25, -0.2) is 9.78 Å². The van der Waals surface area contributed by atoms with Crippen molar-refractivity contribution in [3.05, 3.63) is 54.0 Å². The highest BCUT2D eigenvalue weighted by atomic mass is 16.2. The van der Waals surface area contributed by atoms with Crippen molar-refractivity contribution in [2.75, 3.05) is 18.0 Å². The van der Waals surface area contributed by atoms with Crippen LogP contribution in [-0.4, -0.2) is 40.9 Å². The van der Waals surface area contributed by atoms with Crippen molar-refractivity contribution in [1.82, 2.24) is 20.6 Å². The van der Waals surface area contributed by atoms with Crippen LogP contribution in [0.25, 0.3) is 0 Å². The average Bonchev–Trinajstić information content (AvgIpc) is 3.03. The largest absolute Gasteiger partial charge is 0.366 e. The van der Waals surface area contributed by atoms with E-state index >= 15 is 0 Å². The van der Waals surface area contributed by atoms with Gasteiger partial charge in [-0.1, -0.05) is 6.07 Å². The van der Waals surface area contributed by atoms with Crippen molar-refractivity contribution in [3.8, 4) is 0 Å². The highest BCUT2D eigenvalue weighted by Crippen LogP contribution is 2.39. The van der Waals surface area contributed by atoms with Crippen LogP contribution in [0.4, 0.5) is 10.6 Å². The first kappa shape index (κ1) is 17.9. The van der Waals surface area contributed by atoms with Crippen LogP contribution in [0.3, 0.4) is 0 Å². The van der Waals surface area contributed by atoms with E-state index in [1.165, 1.54) is 6.20 Å². The molecule has 0 bridgehead atoms. The summed E-state index contributed by atoms with van der Waals surface area (Å²) in [6, 6.07) is 6.50. The summed E-state index contributed by atoms with van der Waals surface area (Å²) in [6.45, 7) is 1.33. The molecule has 0 aromatic carbocycles. The third-order valence-corrected chi connectivity index (χ3v) is 5.48. The molecule has 4 N–H and O–H groups in total. The Labute approximate surface area is 161 Å². The third-order valence-electron chi connectivity index (χ3n) is 5.48. The number of pyridine rings is 2. The van der Waals surface area contributed by atoms with Gasteiger partial charge >= 0.3 is 6.03 Å². The molecule has 0 aliphatic carbocycles. The van der Waals surface area contributed by atoms with Gasteiger partial charge in [0.05, 0.1) is 5.56 Å². The van der Waals surface area contributed by atoms with Gasteiger partial charge in [0.2, 0.25) is 5.91 Å². The number of hydrogen-bond donors (Lipinski definition) is 3. The van der Waals surface area contributed by atoms with Crippen molar-refractivity contribution in [1.29, 1.82) is 0 Å². The Morgan fingerprint density at radius 1 is 1.18 bits per heavy atom. The number of nitrogens with two attached hydrogens (primary N) is 1. The quantitative estimate of drug-likeness (QED) is 0.663. The highest BCUT2D eigenvalue weighted by Gasteiger charge is 2.53. The summed E-state index contributed by atoms with van der Waals surface area (Å²) in [5.41, 5.74) is 5.19. The Kier molecular flexibility index (Phi) is 4.42. The molecule has 2 aromatic rings. The maximum Gasteiger partial charge on any atom is 0.322 e. The summed E-state index contributed by atoms with van der Waals surface area (Å²) < 4.78 is 0. The number of anilines is 1. The smallest absolute Gasteiger partial charge is 0.322 e. The van der Waals surface area contributed by atoms with Crippen LogP contribution in [0.5, 0.6) is 0 Å². The number of imide groups is 1. The molecule has 0 saturated carbocycles. The number of urea groups is 1. The number of amides is 4. The molecule has 2 aliphatic rings. The van der Waals surface area contributed by atoms with Gasteiger partial charge in [-0.05, 0) is 37.0 Å². The molecule has 2 fully saturated rings. The molecule has 1 atom stereocenters. The second-order valence-electron chi connectivity index (χ2n) is 6.99. The van der Waals surface area contributed by atoms with E-state index in [9.17, 15) is 14.4 Å². The van der Waals surface area contributed by atoms with Crippen LogP contribution in [0.2, 0.25) is 0 Å². The molecule has 9 nitrogen and oxygen atoms in total. The number of piperidine rings is 1. The van der Waals surface area contributed by atoms with Gasteiger partial charge in [-0.2, -0.15) is 0 Å². The zero-order valence-corrected chi connectivity index (χ0v) is 15.1. The summed E-state index contributed by atoms with van der Waals surface area (Å²) in [5, 5.41) is 5.23. The molecule has 2 aromatic heterocycles. The van der Waals surface area contributed by atoms with E-state index in [2.05, 4.69) is 25.5 Å². The summed E-state index contributed by atoms with van der Waals surface area (Å²) in [5.74, 6) is -0.185. The standard InChI is InChI=1S/C19H20N6O3/c20-16(26)12-3-4-15(22-10-12)25-8-5-13(6-9-25)19(14-2-1-7-21-11-14)17(27)23-18(28)24-19/h1-4,7,10-11,13H,5-6,8-9H2,(H2,20,26)(H2,23,24,27,28)/t19-/m0/s1. The molecule has 4 rings (SSSR count). The number of nitrogens with one attached hydrogen (secondary N) is 2. The zero-order valence-electron chi connectivity index (χ0n) is 15.1. The summed E-state index contributed by atoms with van der Waals surface area (Å²) in [6.07, 6.45) is 6.09. The van der Waals surface area contributed by atoms with Gasteiger partial charge in [-0.3, -0.25) is 19.9 Å². The predicted octanol–water partition coefficient (Wildman–Crippen LogP) is 0.527. The van der Waals surface area contributed by atoms with E-state index in [4.69, 9.17) is 5.73 Å². The number of carbonyl (C=O) groups is 3. The molecule has 4 heterocycles. The van der Waals surface area contributed by atoms with Crippen molar-refractivity contribution in [3.63, 3.8) is 0 Å². The Morgan fingerprint density at radius 3 is 2.50 bits per heavy atom. The molecule has 9 heteroatoms. The fraction of sp³-hybridized carbons (Fsp3) is 0.316. The van der Waals surface area contributed by atoms with E-state index in [1.807, 2.05) is 6.07 Å². The Morgan fingerprint density at radius 2 is 1.96 bits per heavy atom. The van der Waals surface area contributed by atoms with Crippen molar-refractivity contribution in [2.24, 2.45) is 11.7 Å². The maximum atomic E-state index is 12.8. The molecule has 144 valence electrons. The number of aromatic nitrogens is 2. The molecule has 28 heavy (non-hydrogen) atoms. The maximum absolute atomic E-state index is 12.8. The fourth-order valence-electron chi connectivity index (χ4n) is 4.05. The second kappa shape index (κ2) is 6.91. The number of rotatable bonds is 4. The summed E-state index contributed by atoms with van der Waals surface area (Å²) >= 11 is 0. The first-order chi connectivity index (χ1) is 13.5. The lowest BCUT2D eigenvalue weighted by Crippen LogP contribution is -2.53. The number of hydrogen-bond acceptors (Lipinski definition) is 6. The van der Waals surface area contributed by atoms with E-state index < -0.39 is 17.5 Å². The van der Waals surface area contributed by atoms with Gasteiger partial charge in [-0.15, -0.1) is 0 Å². The first-order valence-electron chi connectivity index (χ1n) is 9.05. The highest BCUT2D eigenvalue weighted by molar-refractivity contribution is 6.07. The number of nitrogens with zero attached hydrogens (tertiary/aromatic N) is 3. The predicted molar refractivity (Wildman–Crippen MR) is 100 cm³/mol. The van der Waals surface area contributed by atoms with E-state index in [1.54, 1.807) is 30.6 Å². The van der Waals surface area contributed by atoms with Gasteiger partial charge in [0.25, 0.3) is 5.91 Å². The molecule has 2 aliphatic heterocycles. The van der Waals surface area contributed by atoms with Crippen LogP contribution >= 0.6 is 0 Å². The van der Waals surface area contributed by atoms with Crippen LogP contribution < -0.4 is 21.3 Å². The minimum absolute atomic E-state index is 0.0794. The minimum atomic E-state index is -1.11. The summed E-state index contributed by atoms with van der Waals surface area (Å²) in [4.78, 5) is 46.4. The van der Waals surface area contributed by atoms with Crippen LogP contribution in [0.1, 0.15) is 28.8 Å². The van der Waals surface area contributed by atoms with Crippen LogP contribution in [0.15, 0.2) is 42.9 Å². The van der Waals surface area contributed by atoms with Gasteiger partial charge in [0, 0.05) is 37.2 Å². The van der Waals surface area contributed by atoms with Crippen molar-refractivity contribution >= 4 is 23.7 Å². The number of carbonyl (C=O) groups excluding carboxylic acids is 3. The molecule has 0 radical (unpaired) electrons. The molecular weight excluding hydrogens is 360 g/mol. The molecule has 2 saturated heterocycles. The van der Waals surface area contributed by atoms with Gasteiger partial charge in [0.1, 0.15) is 5.82 Å². The third kappa shape index (κ3) is 2.94. The first-order valence-corrected chi connectivity index (χ1v) is 9.05. The van der Waals surface area contributed by atoms with E-state index in [0.29, 0.717) is 37.1 Å². The molecular formula is C19H20N6O3. The lowest BCUT2D eigenvalue weighted by molar-refractivity contribution is -0.126. The van der Waals surface area contributed by atoms with E-state index in [-0.39, 0.29) is 11.8 Å². The lowest BCUT2D eigenvalue weighted by Gasteiger charge is -2.41. The minimum Gasteiger partial charge on any atom is -0.366 e. The lowest BCUT2D eigenvalue weighted by atomic mass is 9.73. The van der Waals surface area contributed by atoms with Gasteiger partial charge in [0.15, 0.2) is 5.54 Å². The second-order valence-corrected chi connectivity index (χ2v) is 6.99. The number of primary amides is 1. The van der Waals surface area contributed by atoms with Crippen molar-refractivity contribution in [2.45, 2.75) is 18.4 Å². The molecule has 0 spiro atoms. The Bertz CT molecular complexity index is 909. The van der Waals surface area contributed by atoms with Gasteiger partial charge < -0.3 is 16.0 Å². The normalized spacial score (nSPS) is 22.6. The summed E-state index contributed by atoms with van der Waals surface area (Å²) in [7, 11) is 0. The SMILES string of the molecule is NC(=O)c1ccc(N2CCC([C@@]3(c4cccnc4)NC(=O)NC3=O)CC2)nc1. The topological polar surface area (TPSA) is 130 Å². The van der Waals surface area contributed by atoms with Crippen molar-refractivity contribution < 1.29 is 14.4 Å². The fourth-order valence-corrected chi connectivity index (χ4v) is 4.05. The molecule has 0 unspecified atom stereocenters. The Balaban J connectivity index is 1.55. The molecule has 4 amide bonds. The zero-order chi connectivity index (χ0) is 19.7. The Hall–Kier alpha value is -3.49. The average molecular weight is 380 g/mol. The van der Waals surface area contributed by atoms with Crippen LogP contribution in [-0.2, 0) is 10.3 Å².